The zero-order valence-corrected chi connectivity index (χ0v) is 15.8. The Hall–Kier alpha value is -1.82. The number of carbonyl (C=O) groups excluding carboxylic acids is 1. The summed E-state index contributed by atoms with van der Waals surface area (Å²) in [5.41, 5.74) is 0.659. The van der Waals surface area contributed by atoms with E-state index in [9.17, 15) is 18.0 Å². The maximum absolute atomic E-state index is 12.8. The van der Waals surface area contributed by atoms with Crippen molar-refractivity contribution in [3.63, 3.8) is 0 Å². The maximum Gasteiger partial charge on any atom is 0.416 e. The molecule has 0 N–H and O–H groups in total. The Labute approximate surface area is 158 Å². The number of amides is 1. The molecule has 0 aliphatic carbocycles. The molecule has 1 aromatic carbocycles. The number of piperidine rings is 1. The lowest BCUT2D eigenvalue weighted by atomic mass is 10.0. The molecule has 0 aromatic heterocycles. The predicted octanol–water partition coefficient (Wildman–Crippen LogP) is 4.59. The third kappa shape index (κ3) is 5.12. The smallest absolute Gasteiger partial charge is 0.335 e. The minimum Gasteiger partial charge on any atom is -0.335 e. The van der Waals surface area contributed by atoms with E-state index in [1.807, 2.05) is 4.90 Å². The highest BCUT2D eigenvalue weighted by Crippen LogP contribution is 2.30. The summed E-state index contributed by atoms with van der Waals surface area (Å²) in [5, 5.41) is 0. The molecule has 1 atom stereocenters. The molecule has 2 fully saturated rings. The molecule has 148 valence electrons. The number of alkyl halides is 3. The van der Waals surface area contributed by atoms with Crippen LogP contribution in [-0.2, 0) is 11.0 Å². The average Bonchev–Trinajstić information content (AvgIpc) is 3.10. The van der Waals surface area contributed by atoms with E-state index in [1.54, 1.807) is 13.0 Å². The van der Waals surface area contributed by atoms with Gasteiger partial charge in [0.2, 0.25) is 5.91 Å². The lowest BCUT2D eigenvalue weighted by molar-refractivity contribution is -0.137. The van der Waals surface area contributed by atoms with E-state index in [-0.39, 0.29) is 11.9 Å². The van der Waals surface area contributed by atoms with Crippen molar-refractivity contribution in [2.45, 2.75) is 51.2 Å². The fourth-order valence-electron chi connectivity index (χ4n) is 4.03. The molecule has 0 spiro atoms. The SMILES string of the molecule is C/C(=C\C(=O)N1CCCC1CN1CCCCC1)c1ccc(C(F)(F)F)cc1. The van der Waals surface area contributed by atoms with E-state index >= 15 is 0 Å². The highest BCUT2D eigenvalue weighted by atomic mass is 19.4. The van der Waals surface area contributed by atoms with Gasteiger partial charge >= 0.3 is 6.18 Å². The van der Waals surface area contributed by atoms with Crippen LogP contribution in [0.25, 0.3) is 5.57 Å². The zero-order chi connectivity index (χ0) is 19.4. The van der Waals surface area contributed by atoms with Crippen molar-refractivity contribution in [2.75, 3.05) is 26.2 Å². The highest BCUT2D eigenvalue weighted by molar-refractivity contribution is 5.95. The lowest BCUT2D eigenvalue weighted by Crippen LogP contribution is -2.44. The minimum atomic E-state index is -4.34. The quantitative estimate of drug-likeness (QED) is 0.714. The second kappa shape index (κ2) is 8.46. The van der Waals surface area contributed by atoms with E-state index in [1.165, 1.54) is 31.4 Å². The number of benzene rings is 1. The molecule has 6 heteroatoms. The molecule has 2 aliphatic heterocycles. The van der Waals surface area contributed by atoms with E-state index in [0.29, 0.717) is 11.1 Å². The van der Waals surface area contributed by atoms with Crippen molar-refractivity contribution in [1.29, 1.82) is 0 Å². The summed E-state index contributed by atoms with van der Waals surface area (Å²) in [4.78, 5) is 17.1. The van der Waals surface area contributed by atoms with Crippen LogP contribution in [0.2, 0.25) is 0 Å². The number of allylic oxidation sites excluding steroid dienone is 1. The van der Waals surface area contributed by atoms with Crippen LogP contribution in [0.15, 0.2) is 30.3 Å². The maximum atomic E-state index is 12.8. The van der Waals surface area contributed by atoms with Crippen LogP contribution in [0.3, 0.4) is 0 Å². The number of rotatable bonds is 4. The molecule has 1 aromatic rings. The van der Waals surface area contributed by atoms with Crippen LogP contribution in [0.1, 0.15) is 50.2 Å². The minimum absolute atomic E-state index is 0.0353. The van der Waals surface area contributed by atoms with E-state index in [2.05, 4.69) is 4.90 Å². The summed E-state index contributed by atoms with van der Waals surface area (Å²) in [6.07, 6.45) is 3.01. The monoisotopic (exact) mass is 380 g/mol. The fourth-order valence-corrected chi connectivity index (χ4v) is 4.03. The molecule has 1 amide bonds. The number of carbonyl (C=O) groups is 1. The number of hydrogen-bond donors (Lipinski definition) is 0. The molecular formula is C21H27F3N2O. The number of nitrogens with zero attached hydrogens (tertiary/aromatic N) is 2. The largest absolute Gasteiger partial charge is 0.416 e. The number of likely N-dealkylation sites (tertiary alicyclic amines) is 2. The standard InChI is InChI=1S/C21H27F3N2O/c1-16(17-7-9-18(10-8-17)21(22,23)24)14-20(27)26-13-5-6-19(26)15-25-11-3-2-4-12-25/h7-10,14,19H,2-6,11-13,15H2,1H3/b16-14+. The van der Waals surface area contributed by atoms with Gasteiger partial charge in [0.25, 0.3) is 0 Å². The Kier molecular flexibility index (Phi) is 6.25. The van der Waals surface area contributed by atoms with E-state index in [4.69, 9.17) is 0 Å². The van der Waals surface area contributed by atoms with Crippen LogP contribution in [0, 0.1) is 0 Å². The van der Waals surface area contributed by atoms with Crippen molar-refractivity contribution >= 4 is 11.5 Å². The van der Waals surface area contributed by atoms with Gasteiger partial charge in [-0.2, -0.15) is 13.2 Å². The topological polar surface area (TPSA) is 23.6 Å². The second-order valence-electron chi connectivity index (χ2n) is 7.59. The van der Waals surface area contributed by atoms with Crippen molar-refractivity contribution in [1.82, 2.24) is 9.80 Å². The van der Waals surface area contributed by atoms with Crippen molar-refractivity contribution < 1.29 is 18.0 Å². The first-order valence-corrected chi connectivity index (χ1v) is 9.73. The van der Waals surface area contributed by atoms with Gasteiger partial charge in [-0.15, -0.1) is 0 Å². The summed E-state index contributed by atoms with van der Waals surface area (Å²) in [6.45, 7) is 5.68. The van der Waals surface area contributed by atoms with Gasteiger partial charge in [0, 0.05) is 25.2 Å². The fraction of sp³-hybridized carbons (Fsp3) is 0.571. The van der Waals surface area contributed by atoms with Gasteiger partial charge in [-0.25, -0.2) is 0 Å². The van der Waals surface area contributed by atoms with Gasteiger partial charge in [0.15, 0.2) is 0 Å². The Bertz CT molecular complexity index is 676. The van der Waals surface area contributed by atoms with Crippen LogP contribution in [-0.4, -0.2) is 47.9 Å². The average molecular weight is 380 g/mol. The van der Waals surface area contributed by atoms with Crippen LogP contribution >= 0.6 is 0 Å². The van der Waals surface area contributed by atoms with Gasteiger partial charge in [-0.1, -0.05) is 18.6 Å². The normalized spacial score (nSPS) is 22.3. The summed E-state index contributed by atoms with van der Waals surface area (Å²) < 4.78 is 38.1. The summed E-state index contributed by atoms with van der Waals surface area (Å²) in [5.74, 6) is -0.0353. The molecule has 0 radical (unpaired) electrons. The van der Waals surface area contributed by atoms with Crippen molar-refractivity contribution in [3.05, 3.63) is 41.5 Å². The molecule has 3 rings (SSSR count). The first-order valence-electron chi connectivity index (χ1n) is 9.73. The van der Waals surface area contributed by atoms with Crippen LogP contribution in [0.5, 0.6) is 0 Å². The molecule has 2 saturated heterocycles. The lowest BCUT2D eigenvalue weighted by Gasteiger charge is -2.32. The molecule has 3 nitrogen and oxygen atoms in total. The van der Waals surface area contributed by atoms with Crippen molar-refractivity contribution in [2.24, 2.45) is 0 Å². The van der Waals surface area contributed by atoms with Gasteiger partial charge in [-0.3, -0.25) is 4.79 Å². The van der Waals surface area contributed by atoms with E-state index < -0.39 is 11.7 Å². The first-order chi connectivity index (χ1) is 12.8. The molecular weight excluding hydrogens is 353 g/mol. The van der Waals surface area contributed by atoms with Gasteiger partial charge in [-0.05, 0) is 69.0 Å². The number of halogens is 3. The third-order valence-electron chi connectivity index (χ3n) is 5.59. The van der Waals surface area contributed by atoms with E-state index in [0.717, 1.165) is 51.2 Å². The van der Waals surface area contributed by atoms with Crippen LogP contribution < -0.4 is 0 Å². The molecule has 0 saturated carbocycles. The Balaban J connectivity index is 1.65. The van der Waals surface area contributed by atoms with Crippen molar-refractivity contribution in [3.8, 4) is 0 Å². The Morgan fingerprint density at radius 2 is 1.74 bits per heavy atom. The zero-order valence-electron chi connectivity index (χ0n) is 15.8. The predicted molar refractivity (Wildman–Crippen MR) is 100 cm³/mol. The molecule has 1 unspecified atom stereocenters. The second-order valence-corrected chi connectivity index (χ2v) is 7.59. The van der Waals surface area contributed by atoms with Gasteiger partial charge in [0.05, 0.1) is 5.56 Å². The Morgan fingerprint density at radius 1 is 1.07 bits per heavy atom. The summed E-state index contributed by atoms with van der Waals surface area (Å²) >= 11 is 0. The molecule has 27 heavy (non-hydrogen) atoms. The molecule has 0 bridgehead atoms. The highest BCUT2D eigenvalue weighted by Gasteiger charge is 2.31. The third-order valence-corrected chi connectivity index (χ3v) is 5.59. The van der Waals surface area contributed by atoms with Gasteiger partial charge < -0.3 is 9.80 Å². The van der Waals surface area contributed by atoms with Crippen LogP contribution in [0.4, 0.5) is 13.2 Å². The first kappa shape index (κ1) is 19.9. The molecule has 2 heterocycles. The number of hydrogen-bond acceptors (Lipinski definition) is 2. The van der Waals surface area contributed by atoms with Gasteiger partial charge in [0.1, 0.15) is 0 Å². The summed E-state index contributed by atoms with van der Waals surface area (Å²) in [7, 11) is 0. The summed E-state index contributed by atoms with van der Waals surface area (Å²) in [6, 6.07) is 5.22. The molecule has 2 aliphatic rings. The Morgan fingerprint density at radius 3 is 2.37 bits per heavy atom.